The Morgan fingerprint density at radius 1 is 1.19 bits per heavy atom. The van der Waals surface area contributed by atoms with Crippen molar-refractivity contribution in [1.82, 2.24) is 15.0 Å². The third kappa shape index (κ3) is 3.47. The molecule has 4 rings (SSSR count). The fourth-order valence-corrected chi connectivity index (χ4v) is 3.99. The Kier molecular flexibility index (Phi) is 4.70. The number of pyridine rings is 1. The molecule has 0 saturated heterocycles. The predicted molar refractivity (Wildman–Crippen MR) is 105 cm³/mol. The van der Waals surface area contributed by atoms with Gasteiger partial charge in [0, 0.05) is 30.4 Å². The first-order valence-corrected chi connectivity index (χ1v) is 9.35. The third-order valence-electron chi connectivity index (χ3n) is 5.49. The molecule has 0 unspecified atom stereocenters. The molecule has 3 heterocycles. The minimum absolute atomic E-state index is 0.191. The van der Waals surface area contributed by atoms with Crippen molar-refractivity contribution < 1.29 is 9.84 Å². The maximum absolute atomic E-state index is 9.89. The summed E-state index contributed by atoms with van der Waals surface area (Å²) < 4.78 is 5.17. The molecule has 7 heteroatoms. The molecule has 142 valence electrons. The first-order valence-electron chi connectivity index (χ1n) is 9.35. The van der Waals surface area contributed by atoms with Crippen LogP contribution in [0.3, 0.4) is 0 Å². The summed E-state index contributed by atoms with van der Waals surface area (Å²) >= 11 is 0. The molecule has 1 fully saturated rings. The number of fused-ring (bicyclic) bond motifs is 1. The van der Waals surface area contributed by atoms with Crippen molar-refractivity contribution in [1.29, 1.82) is 0 Å². The third-order valence-corrected chi connectivity index (χ3v) is 5.49. The lowest BCUT2D eigenvalue weighted by atomic mass is 9.89. The predicted octanol–water partition coefficient (Wildman–Crippen LogP) is 2.43. The summed E-state index contributed by atoms with van der Waals surface area (Å²) in [6, 6.07) is 4.23. The number of methoxy groups -OCH3 is 1. The van der Waals surface area contributed by atoms with Crippen LogP contribution in [0, 0.1) is 6.92 Å². The highest BCUT2D eigenvalue weighted by Gasteiger charge is 2.31. The number of aliphatic hydroxyl groups excluding tert-OH is 1. The molecular weight excluding hydrogens is 342 g/mol. The zero-order valence-electron chi connectivity index (χ0n) is 15.7. The SMILES string of the molecule is COc1ccc(C2=Cc3c(C)nc(N)nc3N(C3CCC(O)CC3)C2)cn1. The van der Waals surface area contributed by atoms with E-state index < -0.39 is 0 Å². The van der Waals surface area contributed by atoms with Crippen molar-refractivity contribution >= 4 is 23.4 Å². The minimum Gasteiger partial charge on any atom is -0.481 e. The molecule has 0 bridgehead atoms. The number of hydrogen-bond donors (Lipinski definition) is 2. The summed E-state index contributed by atoms with van der Waals surface area (Å²) in [5, 5.41) is 9.89. The number of nitrogens with zero attached hydrogens (tertiary/aromatic N) is 4. The van der Waals surface area contributed by atoms with Crippen molar-refractivity contribution in [2.45, 2.75) is 44.8 Å². The Bertz CT molecular complexity index is 857. The van der Waals surface area contributed by atoms with E-state index in [9.17, 15) is 5.11 Å². The molecule has 1 saturated carbocycles. The van der Waals surface area contributed by atoms with E-state index in [-0.39, 0.29) is 6.10 Å². The van der Waals surface area contributed by atoms with Crippen LogP contribution in [-0.2, 0) is 0 Å². The highest BCUT2D eigenvalue weighted by molar-refractivity contribution is 5.91. The maximum atomic E-state index is 9.89. The van der Waals surface area contributed by atoms with E-state index in [4.69, 9.17) is 10.5 Å². The second-order valence-corrected chi connectivity index (χ2v) is 7.25. The normalized spacial score (nSPS) is 22.2. The topological polar surface area (TPSA) is 97.4 Å². The molecule has 0 radical (unpaired) electrons. The fourth-order valence-electron chi connectivity index (χ4n) is 3.99. The molecule has 0 atom stereocenters. The molecule has 0 aromatic carbocycles. The van der Waals surface area contributed by atoms with Gasteiger partial charge >= 0.3 is 0 Å². The van der Waals surface area contributed by atoms with Gasteiger partial charge in [0.05, 0.1) is 18.9 Å². The zero-order valence-corrected chi connectivity index (χ0v) is 15.7. The summed E-state index contributed by atoms with van der Waals surface area (Å²) in [5.74, 6) is 1.79. The van der Waals surface area contributed by atoms with Gasteiger partial charge in [-0.15, -0.1) is 0 Å². The van der Waals surface area contributed by atoms with Gasteiger partial charge < -0.3 is 20.5 Å². The number of nitrogen functional groups attached to an aromatic ring is 1. The van der Waals surface area contributed by atoms with Crippen molar-refractivity contribution in [3.63, 3.8) is 0 Å². The zero-order chi connectivity index (χ0) is 19.0. The average Bonchev–Trinajstić information content (AvgIpc) is 2.68. The summed E-state index contributed by atoms with van der Waals surface area (Å²) in [5.41, 5.74) is 10.0. The maximum Gasteiger partial charge on any atom is 0.222 e. The number of aliphatic hydroxyl groups is 1. The molecular formula is C20H25N5O2. The number of rotatable bonds is 3. The Labute approximate surface area is 158 Å². The number of aromatic nitrogens is 3. The molecule has 7 nitrogen and oxygen atoms in total. The smallest absolute Gasteiger partial charge is 0.222 e. The Morgan fingerprint density at radius 2 is 1.96 bits per heavy atom. The molecule has 0 amide bonds. The van der Waals surface area contributed by atoms with Gasteiger partial charge in [0.1, 0.15) is 5.82 Å². The molecule has 2 aromatic rings. The summed E-state index contributed by atoms with van der Waals surface area (Å²) in [4.78, 5) is 15.6. The largest absolute Gasteiger partial charge is 0.481 e. The Balaban J connectivity index is 1.74. The molecule has 1 aliphatic heterocycles. The van der Waals surface area contributed by atoms with E-state index in [2.05, 4.69) is 25.9 Å². The van der Waals surface area contributed by atoms with Crippen LogP contribution in [0.15, 0.2) is 18.3 Å². The van der Waals surface area contributed by atoms with E-state index in [1.54, 1.807) is 7.11 Å². The number of aryl methyl sites for hydroxylation is 1. The van der Waals surface area contributed by atoms with Gasteiger partial charge in [0.25, 0.3) is 0 Å². The van der Waals surface area contributed by atoms with Crippen LogP contribution in [-0.4, -0.2) is 45.9 Å². The highest BCUT2D eigenvalue weighted by Crippen LogP contribution is 2.37. The highest BCUT2D eigenvalue weighted by atomic mass is 16.5. The van der Waals surface area contributed by atoms with Gasteiger partial charge in [-0.1, -0.05) is 0 Å². The first-order chi connectivity index (χ1) is 13.0. The van der Waals surface area contributed by atoms with Gasteiger partial charge in [-0.05, 0) is 55.9 Å². The molecule has 1 aliphatic carbocycles. The van der Waals surface area contributed by atoms with Crippen LogP contribution in [0.5, 0.6) is 5.88 Å². The standard InChI is InChI=1S/C20H25N5O2/c1-12-17-9-14(13-3-8-18(27-2)22-10-13)11-25(19(17)24-20(21)23-12)15-4-6-16(26)7-5-15/h3,8-10,15-16,26H,4-7,11H2,1-2H3,(H2,21,23,24). The van der Waals surface area contributed by atoms with E-state index in [0.29, 0.717) is 17.9 Å². The van der Waals surface area contributed by atoms with Crippen molar-refractivity contribution in [2.24, 2.45) is 0 Å². The van der Waals surface area contributed by atoms with Crippen molar-refractivity contribution in [3.8, 4) is 5.88 Å². The van der Waals surface area contributed by atoms with Crippen LogP contribution in [0.2, 0.25) is 0 Å². The lowest BCUT2D eigenvalue weighted by molar-refractivity contribution is 0.122. The minimum atomic E-state index is -0.191. The number of anilines is 2. The van der Waals surface area contributed by atoms with Crippen LogP contribution in [0.25, 0.3) is 11.6 Å². The van der Waals surface area contributed by atoms with E-state index in [0.717, 1.165) is 54.9 Å². The van der Waals surface area contributed by atoms with Crippen LogP contribution in [0.1, 0.15) is 42.5 Å². The molecule has 0 spiro atoms. The van der Waals surface area contributed by atoms with E-state index in [1.165, 1.54) is 5.57 Å². The monoisotopic (exact) mass is 367 g/mol. The second-order valence-electron chi connectivity index (χ2n) is 7.25. The van der Waals surface area contributed by atoms with Gasteiger partial charge in [0.15, 0.2) is 0 Å². The first kappa shape index (κ1) is 17.7. The second kappa shape index (κ2) is 7.15. The van der Waals surface area contributed by atoms with E-state index in [1.807, 2.05) is 25.3 Å². The van der Waals surface area contributed by atoms with Crippen molar-refractivity contribution in [2.75, 3.05) is 24.3 Å². The number of hydrogen-bond acceptors (Lipinski definition) is 7. The van der Waals surface area contributed by atoms with Crippen LogP contribution >= 0.6 is 0 Å². The molecule has 3 N–H and O–H groups in total. The quantitative estimate of drug-likeness (QED) is 0.860. The van der Waals surface area contributed by atoms with Crippen LogP contribution < -0.4 is 15.4 Å². The van der Waals surface area contributed by atoms with Crippen molar-refractivity contribution in [3.05, 3.63) is 35.2 Å². The molecule has 2 aliphatic rings. The summed E-state index contributed by atoms with van der Waals surface area (Å²) in [6.07, 6.45) is 7.31. The number of nitrogens with two attached hydrogens (primary N) is 1. The lowest BCUT2D eigenvalue weighted by Crippen LogP contribution is -2.42. The molecule has 27 heavy (non-hydrogen) atoms. The Morgan fingerprint density at radius 3 is 2.63 bits per heavy atom. The van der Waals surface area contributed by atoms with Gasteiger partial charge in [-0.3, -0.25) is 0 Å². The Hall–Kier alpha value is -2.67. The summed E-state index contributed by atoms with van der Waals surface area (Å²) in [6.45, 7) is 2.70. The number of ether oxygens (including phenoxy) is 1. The van der Waals surface area contributed by atoms with Crippen LogP contribution in [0.4, 0.5) is 11.8 Å². The average molecular weight is 367 g/mol. The van der Waals surface area contributed by atoms with Gasteiger partial charge in [-0.2, -0.15) is 4.98 Å². The van der Waals surface area contributed by atoms with Gasteiger partial charge in [0.2, 0.25) is 11.8 Å². The van der Waals surface area contributed by atoms with Gasteiger partial charge in [-0.25, -0.2) is 9.97 Å². The fraction of sp³-hybridized carbons (Fsp3) is 0.450. The lowest BCUT2D eigenvalue weighted by Gasteiger charge is -2.40. The van der Waals surface area contributed by atoms with E-state index >= 15 is 0 Å². The summed E-state index contributed by atoms with van der Waals surface area (Å²) in [7, 11) is 1.61. The molecule has 2 aromatic heterocycles.